The fourth-order valence-electron chi connectivity index (χ4n) is 2.39. The number of rotatable bonds is 6. The lowest BCUT2D eigenvalue weighted by Crippen LogP contribution is -2.24. The Kier molecular flexibility index (Phi) is 5.95. The van der Waals surface area contributed by atoms with Gasteiger partial charge in [-0.1, -0.05) is 12.1 Å². The number of aromatic nitrogens is 1. The second kappa shape index (κ2) is 8.41. The SMILES string of the molecule is O=C(Nc1cccnc1)c1ccc(CNS(=O)(=O)c2ccc(F)c(F)c2F)cc1. The Bertz CT molecular complexity index is 1140. The zero-order valence-corrected chi connectivity index (χ0v) is 15.5. The van der Waals surface area contributed by atoms with Gasteiger partial charge in [-0.25, -0.2) is 26.3 Å². The zero-order chi connectivity index (χ0) is 21.0. The van der Waals surface area contributed by atoms with Gasteiger partial charge in [0.2, 0.25) is 10.0 Å². The Labute approximate surface area is 164 Å². The molecule has 2 N–H and O–H groups in total. The van der Waals surface area contributed by atoms with E-state index >= 15 is 0 Å². The molecule has 0 aliphatic rings. The van der Waals surface area contributed by atoms with Crippen molar-refractivity contribution in [1.29, 1.82) is 0 Å². The maximum Gasteiger partial charge on any atom is 0.255 e. The molecule has 0 bridgehead atoms. The van der Waals surface area contributed by atoms with Crippen LogP contribution in [-0.4, -0.2) is 19.3 Å². The van der Waals surface area contributed by atoms with Gasteiger partial charge in [0.25, 0.3) is 5.91 Å². The summed E-state index contributed by atoms with van der Waals surface area (Å²) in [4.78, 5) is 15.1. The van der Waals surface area contributed by atoms with E-state index < -0.39 is 32.4 Å². The van der Waals surface area contributed by atoms with Crippen LogP contribution in [0.3, 0.4) is 0 Å². The molecule has 10 heteroatoms. The van der Waals surface area contributed by atoms with Crippen LogP contribution >= 0.6 is 0 Å². The topological polar surface area (TPSA) is 88.2 Å². The number of nitrogens with one attached hydrogen (secondary N) is 2. The summed E-state index contributed by atoms with van der Waals surface area (Å²) >= 11 is 0. The molecular formula is C19H14F3N3O3S. The molecule has 2 aromatic carbocycles. The Morgan fingerprint density at radius 2 is 1.69 bits per heavy atom. The van der Waals surface area contributed by atoms with Gasteiger partial charge in [0.05, 0.1) is 11.9 Å². The highest BCUT2D eigenvalue weighted by Crippen LogP contribution is 2.20. The normalized spacial score (nSPS) is 11.3. The first kappa shape index (κ1) is 20.5. The van der Waals surface area contributed by atoms with Gasteiger partial charge in [0.15, 0.2) is 17.5 Å². The third-order valence-electron chi connectivity index (χ3n) is 3.89. The standard InChI is InChI=1S/C19H14F3N3O3S/c20-15-7-8-16(18(22)17(15)21)29(27,28)24-10-12-3-5-13(6-4-12)19(26)25-14-2-1-9-23-11-14/h1-9,11,24H,10H2,(H,25,26). The van der Waals surface area contributed by atoms with Gasteiger partial charge in [-0.3, -0.25) is 9.78 Å². The first-order valence-electron chi connectivity index (χ1n) is 8.21. The maximum atomic E-state index is 13.7. The lowest BCUT2D eigenvalue weighted by atomic mass is 10.1. The number of hydrogen-bond donors (Lipinski definition) is 2. The lowest BCUT2D eigenvalue weighted by molar-refractivity contribution is 0.102. The number of sulfonamides is 1. The minimum absolute atomic E-state index is 0.245. The number of pyridine rings is 1. The summed E-state index contributed by atoms with van der Waals surface area (Å²) in [5, 5.41) is 2.65. The Morgan fingerprint density at radius 1 is 0.966 bits per heavy atom. The van der Waals surface area contributed by atoms with Crippen molar-refractivity contribution in [1.82, 2.24) is 9.71 Å². The second-order valence-corrected chi connectivity index (χ2v) is 7.63. The highest BCUT2D eigenvalue weighted by molar-refractivity contribution is 7.89. The van der Waals surface area contributed by atoms with E-state index in [1.54, 1.807) is 18.3 Å². The zero-order valence-electron chi connectivity index (χ0n) is 14.7. The smallest absolute Gasteiger partial charge is 0.255 e. The van der Waals surface area contributed by atoms with Gasteiger partial charge in [-0.15, -0.1) is 0 Å². The van der Waals surface area contributed by atoms with Crippen molar-refractivity contribution >= 4 is 21.6 Å². The van der Waals surface area contributed by atoms with Gasteiger partial charge in [0.1, 0.15) is 4.90 Å². The quantitative estimate of drug-likeness (QED) is 0.599. The van der Waals surface area contributed by atoms with Crippen molar-refractivity contribution in [3.63, 3.8) is 0 Å². The minimum Gasteiger partial charge on any atom is -0.321 e. The molecule has 0 saturated heterocycles. The highest BCUT2D eigenvalue weighted by Gasteiger charge is 2.23. The van der Waals surface area contributed by atoms with Gasteiger partial charge < -0.3 is 5.32 Å². The molecule has 1 aromatic heterocycles. The average Bonchev–Trinajstić information content (AvgIpc) is 2.71. The highest BCUT2D eigenvalue weighted by atomic mass is 32.2. The van der Waals surface area contributed by atoms with Crippen LogP contribution in [-0.2, 0) is 16.6 Å². The number of carbonyl (C=O) groups excluding carboxylic acids is 1. The van der Waals surface area contributed by atoms with Gasteiger partial charge in [-0.2, -0.15) is 0 Å². The monoisotopic (exact) mass is 421 g/mol. The summed E-state index contributed by atoms with van der Waals surface area (Å²) in [6.45, 7) is -0.245. The number of hydrogen-bond acceptors (Lipinski definition) is 4. The predicted molar refractivity (Wildman–Crippen MR) is 99.0 cm³/mol. The molecule has 0 aliphatic heterocycles. The summed E-state index contributed by atoms with van der Waals surface area (Å²) in [5.41, 5.74) is 1.31. The van der Waals surface area contributed by atoms with Crippen molar-refractivity contribution in [3.8, 4) is 0 Å². The number of halogens is 3. The summed E-state index contributed by atoms with van der Waals surface area (Å²) < 4.78 is 66.4. The van der Waals surface area contributed by atoms with Crippen molar-refractivity contribution in [2.75, 3.05) is 5.32 Å². The molecule has 0 radical (unpaired) electrons. The van der Waals surface area contributed by atoms with Crippen LogP contribution in [0.1, 0.15) is 15.9 Å². The van der Waals surface area contributed by atoms with Crippen LogP contribution in [0.25, 0.3) is 0 Å². The van der Waals surface area contributed by atoms with Gasteiger partial charge in [-0.05, 0) is 42.0 Å². The van der Waals surface area contributed by atoms with Crippen LogP contribution in [0.4, 0.5) is 18.9 Å². The molecule has 150 valence electrons. The molecule has 0 saturated carbocycles. The van der Waals surface area contributed by atoms with E-state index in [0.717, 1.165) is 0 Å². The van der Waals surface area contributed by atoms with Crippen molar-refractivity contribution < 1.29 is 26.4 Å². The molecule has 1 amide bonds. The van der Waals surface area contributed by atoms with E-state index in [1.807, 2.05) is 0 Å². The van der Waals surface area contributed by atoms with Crippen LogP contribution in [0.2, 0.25) is 0 Å². The van der Waals surface area contributed by atoms with E-state index in [9.17, 15) is 26.4 Å². The summed E-state index contributed by atoms with van der Waals surface area (Å²) in [5.74, 6) is -5.52. The molecule has 3 rings (SSSR count). The number of carbonyl (C=O) groups is 1. The van der Waals surface area contributed by atoms with E-state index in [4.69, 9.17) is 0 Å². The third-order valence-corrected chi connectivity index (χ3v) is 5.31. The first-order valence-corrected chi connectivity index (χ1v) is 9.70. The summed E-state index contributed by atoms with van der Waals surface area (Å²) in [6.07, 6.45) is 3.05. The number of benzene rings is 2. The summed E-state index contributed by atoms with van der Waals surface area (Å²) in [6, 6.07) is 10.5. The molecule has 1 heterocycles. The number of amides is 1. The van der Waals surface area contributed by atoms with Crippen molar-refractivity contribution in [3.05, 3.63) is 89.5 Å². The predicted octanol–water partition coefficient (Wildman–Crippen LogP) is 3.23. The van der Waals surface area contributed by atoms with Crippen LogP contribution in [0.5, 0.6) is 0 Å². The molecule has 3 aromatic rings. The van der Waals surface area contributed by atoms with E-state index in [2.05, 4.69) is 15.0 Å². The molecule has 29 heavy (non-hydrogen) atoms. The molecule has 6 nitrogen and oxygen atoms in total. The second-order valence-electron chi connectivity index (χ2n) is 5.89. The molecule has 0 unspecified atom stereocenters. The third kappa shape index (κ3) is 4.79. The molecule has 0 aliphatic carbocycles. The molecular weight excluding hydrogens is 407 g/mol. The number of nitrogens with zero attached hydrogens (tertiary/aromatic N) is 1. The lowest BCUT2D eigenvalue weighted by Gasteiger charge is -2.09. The average molecular weight is 421 g/mol. The first-order chi connectivity index (χ1) is 13.8. The molecule has 0 atom stereocenters. The van der Waals surface area contributed by atoms with Gasteiger partial charge in [0, 0.05) is 18.3 Å². The van der Waals surface area contributed by atoms with Gasteiger partial charge >= 0.3 is 0 Å². The van der Waals surface area contributed by atoms with E-state index in [0.29, 0.717) is 28.9 Å². The maximum absolute atomic E-state index is 13.7. The van der Waals surface area contributed by atoms with E-state index in [1.165, 1.54) is 30.5 Å². The van der Waals surface area contributed by atoms with Crippen molar-refractivity contribution in [2.45, 2.75) is 11.4 Å². The largest absolute Gasteiger partial charge is 0.321 e. The molecule has 0 spiro atoms. The number of anilines is 1. The summed E-state index contributed by atoms with van der Waals surface area (Å²) in [7, 11) is -4.41. The fraction of sp³-hybridized carbons (Fsp3) is 0.0526. The van der Waals surface area contributed by atoms with Crippen LogP contribution < -0.4 is 10.0 Å². The van der Waals surface area contributed by atoms with Crippen LogP contribution in [0.15, 0.2) is 65.8 Å². The Balaban J connectivity index is 1.67. The van der Waals surface area contributed by atoms with Crippen molar-refractivity contribution in [2.24, 2.45) is 0 Å². The fourth-order valence-corrected chi connectivity index (χ4v) is 3.47. The Hall–Kier alpha value is -3.24. The van der Waals surface area contributed by atoms with Crippen LogP contribution in [0, 0.1) is 17.5 Å². The molecule has 0 fully saturated rings. The minimum atomic E-state index is -4.41. The Morgan fingerprint density at radius 3 is 2.34 bits per heavy atom. The van der Waals surface area contributed by atoms with E-state index in [-0.39, 0.29) is 12.5 Å².